The van der Waals surface area contributed by atoms with Gasteiger partial charge in [0, 0.05) is 18.7 Å². The number of ether oxygens (including phenoxy) is 1. The maximum Gasteiger partial charge on any atom is 0.407 e. The highest BCUT2D eigenvalue weighted by Crippen LogP contribution is 2.14. The number of rotatable bonds is 5. The van der Waals surface area contributed by atoms with Gasteiger partial charge in [-0.15, -0.1) is 0 Å². The van der Waals surface area contributed by atoms with Crippen molar-refractivity contribution in [2.45, 2.75) is 32.8 Å². The first-order valence-electron chi connectivity index (χ1n) is 6.66. The monoisotopic (exact) mass is 292 g/mol. The van der Waals surface area contributed by atoms with E-state index in [0.717, 1.165) is 5.56 Å². The highest BCUT2D eigenvalue weighted by Gasteiger charge is 2.15. The minimum absolute atomic E-state index is 0.0593. The van der Waals surface area contributed by atoms with E-state index < -0.39 is 16.6 Å². The van der Waals surface area contributed by atoms with Crippen LogP contribution in [0.2, 0.25) is 0 Å². The minimum Gasteiger partial charge on any atom is -0.444 e. The van der Waals surface area contributed by atoms with Crippen molar-refractivity contribution in [3.8, 4) is 0 Å². The SMILES string of the molecule is CC(C)(C)OC(=O)NCC/C=C/c1cccc([N+](=O)[O-])c1. The molecule has 0 saturated carbocycles. The number of hydrogen-bond donors (Lipinski definition) is 1. The van der Waals surface area contributed by atoms with E-state index in [1.807, 2.05) is 6.08 Å². The predicted octanol–water partition coefficient (Wildman–Crippen LogP) is 3.52. The van der Waals surface area contributed by atoms with Crippen LogP contribution in [0, 0.1) is 10.1 Å². The molecule has 0 fully saturated rings. The first-order chi connectivity index (χ1) is 9.78. The van der Waals surface area contributed by atoms with E-state index in [1.54, 1.807) is 39.0 Å². The van der Waals surface area contributed by atoms with Crippen LogP contribution in [0.5, 0.6) is 0 Å². The van der Waals surface area contributed by atoms with E-state index in [4.69, 9.17) is 4.74 Å². The number of nitrogens with zero attached hydrogens (tertiary/aromatic N) is 1. The molecule has 114 valence electrons. The van der Waals surface area contributed by atoms with Gasteiger partial charge in [0.05, 0.1) is 4.92 Å². The predicted molar refractivity (Wildman–Crippen MR) is 81.0 cm³/mol. The van der Waals surface area contributed by atoms with E-state index in [0.29, 0.717) is 13.0 Å². The van der Waals surface area contributed by atoms with Crippen molar-refractivity contribution >= 4 is 17.9 Å². The zero-order valence-electron chi connectivity index (χ0n) is 12.5. The molecule has 1 aromatic rings. The lowest BCUT2D eigenvalue weighted by atomic mass is 10.2. The average Bonchev–Trinajstić information content (AvgIpc) is 2.36. The third-order valence-electron chi connectivity index (χ3n) is 2.37. The van der Waals surface area contributed by atoms with Gasteiger partial charge in [-0.3, -0.25) is 10.1 Å². The van der Waals surface area contributed by atoms with Crippen molar-refractivity contribution in [3.63, 3.8) is 0 Å². The van der Waals surface area contributed by atoms with Crippen molar-refractivity contribution in [1.82, 2.24) is 5.32 Å². The number of benzene rings is 1. The molecule has 0 aromatic heterocycles. The number of hydrogen-bond acceptors (Lipinski definition) is 4. The van der Waals surface area contributed by atoms with Crippen LogP contribution in [-0.4, -0.2) is 23.2 Å². The van der Waals surface area contributed by atoms with Gasteiger partial charge in [0.2, 0.25) is 0 Å². The molecule has 6 nitrogen and oxygen atoms in total. The molecule has 1 N–H and O–H groups in total. The molecule has 6 heteroatoms. The van der Waals surface area contributed by atoms with Crippen LogP contribution in [-0.2, 0) is 4.74 Å². The molecule has 0 heterocycles. The lowest BCUT2D eigenvalue weighted by molar-refractivity contribution is -0.384. The summed E-state index contributed by atoms with van der Waals surface area (Å²) in [6.45, 7) is 5.85. The Kier molecular flexibility index (Phi) is 5.90. The van der Waals surface area contributed by atoms with E-state index in [-0.39, 0.29) is 5.69 Å². The van der Waals surface area contributed by atoms with Gasteiger partial charge in [-0.1, -0.05) is 24.3 Å². The van der Waals surface area contributed by atoms with Crippen LogP contribution in [0.1, 0.15) is 32.8 Å². The molecule has 1 aromatic carbocycles. The van der Waals surface area contributed by atoms with Gasteiger partial charge in [-0.2, -0.15) is 0 Å². The lowest BCUT2D eigenvalue weighted by Crippen LogP contribution is -2.32. The number of nitrogens with one attached hydrogen (secondary N) is 1. The van der Waals surface area contributed by atoms with Gasteiger partial charge in [0.1, 0.15) is 5.60 Å². The average molecular weight is 292 g/mol. The normalized spacial score (nSPS) is 11.4. The van der Waals surface area contributed by atoms with Crippen molar-refractivity contribution in [2.24, 2.45) is 0 Å². The molecule has 1 amide bonds. The first kappa shape index (κ1) is 16.7. The molecule has 0 atom stereocenters. The maximum atomic E-state index is 11.4. The van der Waals surface area contributed by atoms with Crippen molar-refractivity contribution in [3.05, 3.63) is 46.0 Å². The molecular weight excluding hydrogens is 272 g/mol. The summed E-state index contributed by atoms with van der Waals surface area (Å²) in [7, 11) is 0. The van der Waals surface area contributed by atoms with Crippen LogP contribution >= 0.6 is 0 Å². The van der Waals surface area contributed by atoms with Crippen molar-refractivity contribution in [1.29, 1.82) is 0 Å². The second kappa shape index (κ2) is 7.42. The molecular formula is C15H20N2O4. The van der Waals surface area contributed by atoms with Gasteiger partial charge in [0.15, 0.2) is 0 Å². The Morgan fingerprint density at radius 3 is 2.76 bits per heavy atom. The third-order valence-corrected chi connectivity index (χ3v) is 2.37. The Morgan fingerprint density at radius 2 is 2.14 bits per heavy atom. The van der Waals surface area contributed by atoms with Crippen LogP contribution in [0.25, 0.3) is 6.08 Å². The van der Waals surface area contributed by atoms with Crippen LogP contribution in [0.15, 0.2) is 30.3 Å². The molecule has 0 unspecified atom stereocenters. The van der Waals surface area contributed by atoms with Crippen molar-refractivity contribution < 1.29 is 14.5 Å². The number of amides is 1. The Balaban J connectivity index is 2.37. The number of alkyl carbamates (subject to hydrolysis) is 1. The molecule has 0 bridgehead atoms. The summed E-state index contributed by atoms with van der Waals surface area (Å²) in [6.07, 6.45) is 3.79. The van der Waals surface area contributed by atoms with Crippen LogP contribution in [0.4, 0.5) is 10.5 Å². The quantitative estimate of drug-likeness (QED) is 0.511. The largest absolute Gasteiger partial charge is 0.444 e. The molecule has 0 saturated heterocycles. The summed E-state index contributed by atoms with van der Waals surface area (Å²) in [4.78, 5) is 21.6. The summed E-state index contributed by atoms with van der Waals surface area (Å²) in [5.74, 6) is 0. The Labute approximate surface area is 124 Å². The topological polar surface area (TPSA) is 81.5 Å². The van der Waals surface area contributed by atoms with E-state index in [1.165, 1.54) is 12.1 Å². The zero-order chi connectivity index (χ0) is 15.9. The molecule has 0 aliphatic rings. The molecule has 1 rings (SSSR count). The second-order valence-corrected chi connectivity index (χ2v) is 5.47. The molecule has 0 radical (unpaired) electrons. The lowest BCUT2D eigenvalue weighted by Gasteiger charge is -2.19. The summed E-state index contributed by atoms with van der Waals surface area (Å²) >= 11 is 0. The van der Waals surface area contributed by atoms with Gasteiger partial charge >= 0.3 is 6.09 Å². The fourth-order valence-electron chi connectivity index (χ4n) is 1.53. The molecule has 0 spiro atoms. The fourth-order valence-corrected chi connectivity index (χ4v) is 1.53. The van der Waals surface area contributed by atoms with Gasteiger partial charge < -0.3 is 10.1 Å². The van der Waals surface area contributed by atoms with E-state index in [2.05, 4.69) is 5.32 Å². The maximum absolute atomic E-state index is 11.4. The van der Waals surface area contributed by atoms with Gasteiger partial charge in [0.25, 0.3) is 5.69 Å². The third kappa shape index (κ3) is 7.10. The number of nitro benzene ring substituents is 1. The van der Waals surface area contributed by atoms with E-state index in [9.17, 15) is 14.9 Å². The molecule has 21 heavy (non-hydrogen) atoms. The highest BCUT2D eigenvalue weighted by atomic mass is 16.6. The Morgan fingerprint density at radius 1 is 1.43 bits per heavy atom. The fraction of sp³-hybridized carbons (Fsp3) is 0.400. The number of nitro groups is 1. The standard InChI is InChI=1S/C15H20N2O4/c1-15(2,3)21-14(18)16-10-5-4-7-12-8-6-9-13(11-12)17(19)20/h4,6-9,11H,5,10H2,1-3H3,(H,16,18)/b7-4+. The number of carbonyl (C=O) groups is 1. The number of non-ortho nitro benzene ring substituents is 1. The highest BCUT2D eigenvalue weighted by molar-refractivity contribution is 5.67. The summed E-state index contributed by atoms with van der Waals surface area (Å²) < 4.78 is 5.10. The van der Waals surface area contributed by atoms with Crippen LogP contribution in [0.3, 0.4) is 0 Å². The summed E-state index contributed by atoms with van der Waals surface area (Å²) in [6, 6.07) is 6.36. The van der Waals surface area contributed by atoms with Gasteiger partial charge in [-0.25, -0.2) is 4.79 Å². The van der Waals surface area contributed by atoms with E-state index >= 15 is 0 Å². The number of carbonyl (C=O) groups excluding carboxylic acids is 1. The Hall–Kier alpha value is -2.37. The summed E-state index contributed by atoms with van der Waals surface area (Å²) in [5.41, 5.74) is 0.300. The molecule has 0 aliphatic carbocycles. The van der Waals surface area contributed by atoms with Crippen molar-refractivity contribution in [2.75, 3.05) is 6.54 Å². The first-order valence-corrected chi connectivity index (χ1v) is 6.66. The van der Waals surface area contributed by atoms with Crippen LogP contribution < -0.4 is 5.32 Å². The van der Waals surface area contributed by atoms with Gasteiger partial charge in [-0.05, 0) is 32.8 Å². The Bertz CT molecular complexity index is 533. The minimum atomic E-state index is -0.511. The summed E-state index contributed by atoms with van der Waals surface area (Å²) in [5, 5.41) is 13.3. The zero-order valence-corrected chi connectivity index (χ0v) is 12.5. The molecule has 0 aliphatic heterocycles. The smallest absolute Gasteiger partial charge is 0.407 e. The second-order valence-electron chi connectivity index (χ2n) is 5.47.